The molecule has 0 aliphatic rings. The van der Waals surface area contributed by atoms with E-state index in [-0.39, 0.29) is 11.9 Å². The van der Waals surface area contributed by atoms with E-state index in [0.29, 0.717) is 11.7 Å². The van der Waals surface area contributed by atoms with Gasteiger partial charge in [0.05, 0.1) is 0 Å². The topological polar surface area (TPSA) is 38.3 Å². The van der Waals surface area contributed by atoms with E-state index in [4.69, 9.17) is 16.3 Å². The number of hydrogen-bond donors (Lipinski definition) is 1. The number of ether oxygens (including phenoxy) is 1. The minimum atomic E-state index is -0.531. The maximum absolute atomic E-state index is 12.0. The zero-order valence-electron chi connectivity index (χ0n) is 13.1. The molecule has 0 aliphatic carbocycles. The van der Waals surface area contributed by atoms with E-state index in [1.165, 1.54) is 0 Å². The van der Waals surface area contributed by atoms with Crippen LogP contribution in [0.2, 0.25) is 5.02 Å². The normalized spacial score (nSPS) is 14.0. The van der Waals surface area contributed by atoms with Crippen LogP contribution in [0.3, 0.4) is 0 Å². The summed E-state index contributed by atoms with van der Waals surface area (Å²) in [6.07, 6.45) is -0.531. The minimum absolute atomic E-state index is 0.101. The lowest BCUT2D eigenvalue weighted by atomic mass is 10.1. The molecule has 20 heavy (non-hydrogen) atoms. The Kier molecular flexibility index (Phi) is 5.88. The molecular weight excluding hydrogens is 274 g/mol. The molecule has 2 atom stereocenters. The monoisotopic (exact) mass is 297 g/mol. The number of carbonyl (C=O) groups is 1. The molecule has 1 N–H and O–H groups in total. The van der Waals surface area contributed by atoms with Gasteiger partial charge < -0.3 is 10.1 Å². The zero-order valence-corrected chi connectivity index (χ0v) is 13.8. The first-order valence-electron chi connectivity index (χ1n) is 6.96. The molecule has 0 aliphatic heterocycles. The molecule has 1 amide bonds. The van der Waals surface area contributed by atoms with E-state index in [2.05, 4.69) is 19.2 Å². The fourth-order valence-corrected chi connectivity index (χ4v) is 1.85. The van der Waals surface area contributed by atoms with Crippen molar-refractivity contribution in [3.05, 3.63) is 28.3 Å². The molecule has 0 unspecified atom stereocenters. The maximum Gasteiger partial charge on any atom is 0.260 e. The Hall–Kier alpha value is -1.22. The third-order valence-corrected chi connectivity index (χ3v) is 4.06. The van der Waals surface area contributed by atoms with Crippen LogP contribution in [0.5, 0.6) is 5.75 Å². The van der Waals surface area contributed by atoms with E-state index < -0.39 is 6.10 Å². The Labute approximate surface area is 126 Å². The molecule has 1 rings (SSSR count). The predicted octanol–water partition coefficient (Wildman–Crippen LogP) is 3.88. The molecule has 0 heterocycles. The highest BCUT2D eigenvalue weighted by Crippen LogP contribution is 2.26. The van der Waals surface area contributed by atoms with Crippen molar-refractivity contribution in [3.8, 4) is 5.75 Å². The van der Waals surface area contributed by atoms with Crippen LogP contribution in [0.4, 0.5) is 0 Å². The summed E-state index contributed by atoms with van der Waals surface area (Å²) in [6.45, 7) is 11.7. The van der Waals surface area contributed by atoms with Crippen LogP contribution in [0.1, 0.15) is 38.8 Å². The molecule has 4 heteroatoms. The van der Waals surface area contributed by atoms with Crippen LogP contribution in [-0.2, 0) is 4.79 Å². The summed E-state index contributed by atoms with van der Waals surface area (Å²) < 4.78 is 5.70. The van der Waals surface area contributed by atoms with Gasteiger partial charge in [-0.1, -0.05) is 25.4 Å². The number of aryl methyl sites for hydroxylation is 2. The molecule has 0 radical (unpaired) electrons. The highest BCUT2D eigenvalue weighted by molar-refractivity contribution is 6.32. The van der Waals surface area contributed by atoms with Crippen LogP contribution in [0, 0.1) is 19.8 Å². The Morgan fingerprint density at radius 2 is 1.65 bits per heavy atom. The number of carbonyl (C=O) groups excluding carboxylic acids is 1. The molecule has 0 saturated heterocycles. The Morgan fingerprint density at radius 1 is 1.15 bits per heavy atom. The molecule has 0 spiro atoms. The standard InChI is InChI=1S/C16H24ClNO2/c1-9(2)12(5)18-16(19)13(6)20-14-7-10(3)15(17)11(4)8-14/h7-9,12-13H,1-6H3,(H,18,19)/t12-,13-/m1/s1. The number of hydrogen-bond acceptors (Lipinski definition) is 2. The second-order valence-electron chi connectivity index (χ2n) is 5.67. The van der Waals surface area contributed by atoms with Gasteiger partial charge in [0, 0.05) is 11.1 Å². The fourth-order valence-electron chi connectivity index (χ4n) is 1.74. The first-order valence-corrected chi connectivity index (χ1v) is 7.34. The summed E-state index contributed by atoms with van der Waals surface area (Å²) in [5, 5.41) is 3.69. The summed E-state index contributed by atoms with van der Waals surface area (Å²) in [6, 6.07) is 3.83. The second kappa shape index (κ2) is 6.98. The van der Waals surface area contributed by atoms with E-state index in [0.717, 1.165) is 16.1 Å². The van der Waals surface area contributed by atoms with Gasteiger partial charge in [-0.25, -0.2) is 0 Å². The van der Waals surface area contributed by atoms with Gasteiger partial charge in [-0.2, -0.15) is 0 Å². The molecule has 1 aromatic rings. The number of amides is 1. The van der Waals surface area contributed by atoms with Crippen LogP contribution in [0.25, 0.3) is 0 Å². The van der Waals surface area contributed by atoms with E-state index >= 15 is 0 Å². The summed E-state index contributed by atoms with van der Waals surface area (Å²) in [7, 11) is 0. The molecule has 0 bridgehead atoms. The van der Waals surface area contributed by atoms with Crippen molar-refractivity contribution < 1.29 is 9.53 Å². The lowest BCUT2D eigenvalue weighted by Crippen LogP contribution is -2.43. The largest absolute Gasteiger partial charge is 0.481 e. The third kappa shape index (κ3) is 4.41. The van der Waals surface area contributed by atoms with Gasteiger partial charge in [0.1, 0.15) is 5.75 Å². The molecule has 0 aromatic heterocycles. The molecule has 0 saturated carbocycles. The van der Waals surface area contributed by atoms with Crippen LogP contribution < -0.4 is 10.1 Å². The van der Waals surface area contributed by atoms with Crippen LogP contribution >= 0.6 is 11.6 Å². The zero-order chi connectivity index (χ0) is 15.4. The van der Waals surface area contributed by atoms with Crippen molar-refractivity contribution in [3.63, 3.8) is 0 Å². The van der Waals surface area contributed by atoms with Gasteiger partial charge in [-0.15, -0.1) is 0 Å². The average molecular weight is 298 g/mol. The van der Waals surface area contributed by atoms with Gasteiger partial charge in [0.2, 0.25) is 0 Å². The van der Waals surface area contributed by atoms with Crippen molar-refractivity contribution in [1.29, 1.82) is 0 Å². The molecule has 112 valence electrons. The van der Waals surface area contributed by atoms with Gasteiger partial charge in [-0.3, -0.25) is 4.79 Å². The first-order chi connectivity index (χ1) is 9.22. The molecular formula is C16H24ClNO2. The van der Waals surface area contributed by atoms with Gasteiger partial charge in [0.15, 0.2) is 6.10 Å². The van der Waals surface area contributed by atoms with Gasteiger partial charge in [0.25, 0.3) is 5.91 Å². The minimum Gasteiger partial charge on any atom is -0.481 e. The summed E-state index contributed by atoms with van der Waals surface area (Å²) in [5.41, 5.74) is 1.90. The second-order valence-corrected chi connectivity index (χ2v) is 6.05. The third-order valence-electron chi connectivity index (χ3n) is 3.46. The Balaban J connectivity index is 2.71. The Bertz CT molecular complexity index is 462. The van der Waals surface area contributed by atoms with E-state index in [9.17, 15) is 4.79 Å². The predicted molar refractivity (Wildman–Crippen MR) is 83.5 cm³/mol. The Morgan fingerprint density at radius 3 is 2.10 bits per heavy atom. The molecule has 0 fully saturated rings. The highest BCUT2D eigenvalue weighted by atomic mass is 35.5. The van der Waals surface area contributed by atoms with Crippen molar-refractivity contribution in [1.82, 2.24) is 5.32 Å². The van der Waals surface area contributed by atoms with E-state index in [1.54, 1.807) is 6.92 Å². The molecule has 3 nitrogen and oxygen atoms in total. The maximum atomic E-state index is 12.0. The highest BCUT2D eigenvalue weighted by Gasteiger charge is 2.18. The number of halogens is 1. The fraction of sp³-hybridized carbons (Fsp3) is 0.562. The summed E-state index contributed by atoms with van der Waals surface area (Å²) in [4.78, 5) is 12.0. The average Bonchev–Trinajstić information content (AvgIpc) is 2.35. The number of nitrogens with one attached hydrogen (secondary N) is 1. The van der Waals surface area contributed by atoms with Crippen molar-refractivity contribution >= 4 is 17.5 Å². The van der Waals surface area contributed by atoms with Gasteiger partial charge >= 0.3 is 0 Å². The van der Waals surface area contributed by atoms with Crippen molar-refractivity contribution in [2.75, 3.05) is 0 Å². The van der Waals surface area contributed by atoms with Crippen molar-refractivity contribution in [2.24, 2.45) is 5.92 Å². The lowest BCUT2D eigenvalue weighted by molar-refractivity contribution is -0.128. The quantitative estimate of drug-likeness (QED) is 0.895. The van der Waals surface area contributed by atoms with Crippen LogP contribution in [0.15, 0.2) is 12.1 Å². The first kappa shape index (κ1) is 16.8. The van der Waals surface area contributed by atoms with Crippen LogP contribution in [-0.4, -0.2) is 18.1 Å². The smallest absolute Gasteiger partial charge is 0.260 e. The summed E-state index contributed by atoms with van der Waals surface area (Å²) in [5.74, 6) is 0.965. The van der Waals surface area contributed by atoms with E-state index in [1.807, 2.05) is 32.9 Å². The number of benzene rings is 1. The summed E-state index contributed by atoms with van der Waals surface area (Å²) >= 11 is 6.12. The van der Waals surface area contributed by atoms with Gasteiger partial charge in [-0.05, 0) is 56.9 Å². The lowest BCUT2D eigenvalue weighted by Gasteiger charge is -2.21. The molecule has 1 aromatic carbocycles. The van der Waals surface area contributed by atoms with Crippen molar-refractivity contribution in [2.45, 2.75) is 53.7 Å². The number of rotatable bonds is 5. The SMILES string of the molecule is Cc1cc(O[C@H](C)C(=O)N[C@H](C)C(C)C)cc(C)c1Cl.